The third kappa shape index (κ3) is 3.92. The number of unbranched alkanes of at least 4 members (excludes halogenated alkanes) is 1. The van der Waals surface area contributed by atoms with Gasteiger partial charge in [-0.1, -0.05) is 13.3 Å². The Hall–Kier alpha value is -1.41. The molecule has 1 aromatic carbocycles. The average Bonchev–Trinajstić information content (AvgIpc) is 2.65. The smallest absolute Gasteiger partial charge is 0.286 e. The maximum absolute atomic E-state index is 12.9. The molecule has 0 fully saturated rings. The number of halogens is 3. The molecule has 1 heterocycles. The Balaban J connectivity index is 2.22. The van der Waals surface area contributed by atoms with Crippen LogP contribution in [0.2, 0.25) is 0 Å². The highest BCUT2D eigenvalue weighted by atomic mass is 32.2. The molecule has 0 amide bonds. The van der Waals surface area contributed by atoms with Crippen molar-refractivity contribution in [1.29, 1.82) is 0 Å². The van der Waals surface area contributed by atoms with E-state index in [1.54, 1.807) is 6.92 Å². The number of hydrogen-bond donors (Lipinski definition) is 1. The van der Waals surface area contributed by atoms with Gasteiger partial charge in [0.15, 0.2) is 0 Å². The summed E-state index contributed by atoms with van der Waals surface area (Å²) in [5.41, 5.74) is 0.365. The number of alkyl halides is 3. The molecule has 0 saturated heterocycles. The lowest BCUT2D eigenvalue weighted by molar-refractivity contribution is -0.137. The number of fused-ring (bicyclic) bond motifs is 1. The van der Waals surface area contributed by atoms with Gasteiger partial charge < -0.3 is 0 Å². The van der Waals surface area contributed by atoms with E-state index in [1.807, 2.05) is 6.92 Å². The summed E-state index contributed by atoms with van der Waals surface area (Å²) in [4.78, 5) is 4.34. The van der Waals surface area contributed by atoms with Gasteiger partial charge in [0.2, 0.25) is 0 Å². The average molecular weight is 349 g/mol. The fraction of sp³-hybridized carbons (Fsp3) is 0.533. The summed E-state index contributed by atoms with van der Waals surface area (Å²) < 4.78 is 68.9. The van der Waals surface area contributed by atoms with Crippen molar-refractivity contribution < 1.29 is 26.1 Å². The third-order valence-electron chi connectivity index (χ3n) is 4.33. The molecule has 23 heavy (non-hydrogen) atoms. The van der Waals surface area contributed by atoms with Crippen molar-refractivity contribution in [3.05, 3.63) is 29.3 Å². The van der Waals surface area contributed by atoms with E-state index in [0.717, 1.165) is 12.1 Å². The summed E-state index contributed by atoms with van der Waals surface area (Å²) >= 11 is 0. The summed E-state index contributed by atoms with van der Waals surface area (Å²) in [5.74, 6) is -0.352. The molecule has 0 spiro atoms. The van der Waals surface area contributed by atoms with Crippen LogP contribution in [0.5, 0.6) is 0 Å². The molecule has 1 aliphatic rings. The van der Waals surface area contributed by atoms with E-state index in [2.05, 4.69) is 4.99 Å². The SMILES string of the molecule is CC1=Nc2ccc(C(F)(F)F)cc2C1(C)CCCCS(=O)(=O)O. The monoisotopic (exact) mass is 349 g/mol. The van der Waals surface area contributed by atoms with Crippen LogP contribution in [0.15, 0.2) is 23.2 Å². The van der Waals surface area contributed by atoms with Gasteiger partial charge in [-0.15, -0.1) is 0 Å². The van der Waals surface area contributed by atoms with E-state index in [-0.39, 0.29) is 12.2 Å². The van der Waals surface area contributed by atoms with Gasteiger partial charge in [0.25, 0.3) is 10.1 Å². The van der Waals surface area contributed by atoms with Crippen molar-refractivity contribution in [3.8, 4) is 0 Å². The second kappa shape index (κ2) is 5.90. The van der Waals surface area contributed by atoms with Gasteiger partial charge in [-0.05, 0) is 43.5 Å². The number of nitrogens with zero attached hydrogens (tertiary/aromatic N) is 1. The van der Waals surface area contributed by atoms with Crippen LogP contribution in [0.4, 0.5) is 18.9 Å². The Morgan fingerprint density at radius 2 is 1.91 bits per heavy atom. The summed E-state index contributed by atoms with van der Waals surface area (Å²) in [6.07, 6.45) is -3.25. The predicted octanol–water partition coefficient (Wildman–Crippen LogP) is 4.13. The fourth-order valence-corrected chi connectivity index (χ4v) is 3.40. The molecular formula is C15H18F3NO3S. The predicted molar refractivity (Wildman–Crippen MR) is 81.8 cm³/mol. The topological polar surface area (TPSA) is 66.7 Å². The molecule has 2 rings (SSSR count). The lowest BCUT2D eigenvalue weighted by Gasteiger charge is -2.27. The Kier molecular flexibility index (Phi) is 4.60. The van der Waals surface area contributed by atoms with E-state index in [0.29, 0.717) is 29.8 Å². The Morgan fingerprint density at radius 1 is 1.26 bits per heavy atom. The number of hydrogen-bond acceptors (Lipinski definition) is 3. The number of aliphatic imine (C=N–C) groups is 1. The minimum Gasteiger partial charge on any atom is -0.286 e. The van der Waals surface area contributed by atoms with Crippen LogP contribution in [0.25, 0.3) is 0 Å². The zero-order chi connectivity index (χ0) is 17.5. The molecule has 0 radical (unpaired) electrons. The summed E-state index contributed by atoms with van der Waals surface area (Å²) in [6.45, 7) is 3.57. The molecule has 0 aliphatic carbocycles. The molecule has 128 valence electrons. The van der Waals surface area contributed by atoms with Crippen LogP contribution in [-0.4, -0.2) is 24.4 Å². The molecule has 0 saturated carbocycles. The molecule has 0 aromatic heterocycles. The van der Waals surface area contributed by atoms with Gasteiger partial charge >= 0.3 is 6.18 Å². The van der Waals surface area contributed by atoms with Crippen LogP contribution >= 0.6 is 0 Å². The van der Waals surface area contributed by atoms with E-state index in [1.165, 1.54) is 6.07 Å². The first-order chi connectivity index (χ1) is 10.4. The third-order valence-corrected chi connectivity index (χ3v) is 5.14. The van der Waals surface area contributed by atoms with Gasteiger partial charge in [-0.2, -0.15) is 21.6 Å². The lowest BCUT2D eigenvalue weighted by Crippen LogP contribution is -2.28. The minimum absolute atomic E-state index is 0.246. The van der Waals surface area contributed by atoms with Gasteiger partial charge in [0, 0.05) is 11.1 Å². The molecule has 4 nitrogen and oxygen atoms in total. The van der Waals surface area contributed by atoms with Crippen molar-refractivity contribution in [1.82, 2.24) is 0 Å². The molecule has 1 aliphatic heterocycles. The highest BCUT2D eigenvalue weighted by Gasteiger charge is 2.39. The van der Waals surface area contributed by atoms with Crippen molar-refractivity contribution in [2.45, 2.75) is 44.7 Å². The standard InChI is InChI=1S/C15H18F3NO3S/c1-10-14(2,7-3-4-8-23(20,21)22)12-9-11(15(16,17)18)5-6-13(12)19-10/h5-6,9H,3-4,7-8H2,1-2H3,(H,20,21,22). The molecule has 8 heteroatoms. The van der Waals surface area contributed by atoms with Gasteiger partial charge in [-0.3, -0.25) is 9.55 Å². The summed E-state index contributed by atoms with van der Waals surface area (Å²) in [7, 11) is -4.02. The molecule has 1 unspecified atom stereocenters. The summed E-state index contributed by atoms with van der Waals surface area (Å²) in [5, 5.41) is 0. The maximum Gasteiger partial charge on any atom is 0.416 e. The minimum atomic E-state index is -4.42. The Morgan fingerprint density at radius 3 is 2.48 bits per heavy atom. The van der Waals surface area contributed by atoms with Crippen molar-refractivity contribution in [2.24, 2.45) is 4.99 Å². The quantitative estimate of drug-likeness (QED) is 0.642. The molecule has 1 atom stereocenters. The second-order valence-electron chi connectivity index (χ2n) is 6.00. The van der Waals surface area contributed by atoms with E-state index < -0.39 is 27.3 Å². The van der Waals surface area contributed by atoms with Crippen molar-refractivity contribution in [3.63, 3.8) is 0 Å². The Labute approximate surface area is 133 Å². The lowest BCUT2D eigenvalue weighted by atomic mass is 9.75. The Bertz CT molecular complexity index is 741. The number of rotatable bonds is 5. The largest absolute Gasteiger partial charge is 0.416 e. The number of benzene rings is 1. The molecule has 0 bridgehead atoms. The highest BCUT2D eigenvalue weighted by Crippen LogP contribution is 2.45. The van der Waals surface area contributed by atoms with Crippen molar-refractivity contribution >= 4 is 21.5 Å². The van der Waals surface area contributed by atoms with E-state index >= 15 is 0 Å². The van der Waals surface area contributed by atoms with Gasteiger partial charge in [0.1, 0.15) is 0 Å². The normalized spacial score (nSPS) is 21.2. The first-order valence-electron chi connectivity index (χ1n) is 7.16. The fourth-order valence-electron chi connectivity index (χ4n) is 2.83. The summed E-state index contributed by atoms with van der Waals surface area (Å²) in [6, 6.07) is 3.50. The first-order valence-corrected chi connectivity index (χ1v) is 8.77. The van der Waals surface area contributed by atoms with Crippen LogP contribution in [0.1, 0.15) is 44.2 Å². The van der Waals surface area contributed by atoms with E-state index in [9.17, 15) is 21.6 Å². The first kappa shape index (κ1) is 17.9. The van der Waals surface area contributed by atoms with Crippen molar-refractivity contribution in [2.75, 3.05) is 5.75 Å². The molecule has 1 aromatic rings. The van der Waals surface area contributed by atoms with Gasteiger partial charge in [0.05, 0.1) is 17.0 Å². The van der Waals surface area contributed by atoms with Gasteiger partial charge in [-0.25, -0.2) is 0 Å². The van der Waals surface area contributed by atoms with Crippen LogP contribution in [-0.2, 0) is 21.7 Å². The van der Waals surface area contributed by atoms with Crippen LogP contribution in [0, 0.1) is 0 Å². The zero-order valence-corrected chi connectivity index (χ0v) is 13.6. The zero-order valence-electron chi connectivity index (χ0n) is 12.8. The highest BCUT2D eigenvalue weighted by molar-refractivity contribution is 7.85. The molecular weight excluding hydrogens is 331 g/mol. The van der Waals surface area contributed by atoms with Crippen LogP contribution < -0.4 is 0 Å². The van der Waals surface area contributed by atoms with E-state index in [4.69, 9.17) is 4.55 Å². The molecule has 1 N–H and O–H groups in total. The second-order valence-corrected chi connectivity index (χ2v) is 7.57. The maximum atomic E-state index is 12.9. The van der Waals surface area contributed by atoms with Crippen LogP contribution in [0.3, 0.4) is 0 Å².